The number of fused-ring (bicyclic) bond motifs is 2. The van der Waals surface area contributed by atoms with E-state index in [4.69, 9.17) is 4.74 Å². The second-order valence-electron chi connectivity index (χ2n) is 5.64. The molecule has 19 heavy (non-hydrogen) atoms. The molecule has 4 nitrogen and oxygen atoms in total. The molecule has 4 atom stereocenters. The molecular formula is C15H21NO3. The van der Waals surface area contributed by atoms with E-state index in [9.17, 15) is 9.59 Å². The average Bonchev–Trinajstić information content (AvgIpc) is 2.89. The van der Waals surface area contributed by atoms with Crippen LogP contribution in [-0.2, 0) is 14.3 Å². The molecule has 4 unspecified atom stereocenters. The second kappa shape index (κ2) is 5.59. The smallest absolute Gasteiger partial charge is 0.335 e. The molecule has 1 saturated carbocycles. The van der Waals surface area contributed by atoms with Crippen molar-refractivity contribution in [2.75, 3.05) is 0 Å². The fraction of sp³-hybridized carbons (Fsp3) is 0.600. The van der Waals surface area contributed by atoms with E-state index in [1.807, 2.05) is 0 Å². The minimum atomic E-state index is -0.606. The van der Waals surface area contributed by atoms with Gasteiger partial charge in [0.1, 0.15) is 0 Å². The van der Waals surface area contributed by atoms with E-state index in [1.165, 1.54) is 6.42 Å². The summed E-state index contributed by atoms with van der Waals surface area (Å²) >= 11 is 0. The van der Waals surface area contributed by atoms with Crippen molar-refractivity contribution in [3.63, 3.8) is 0 Å². The van der Waals surface area contributed by atoms with Crippen molar-refractivity contribution in [3.8, 4) is 0 Å². The predicted octanol–water partition coefficient (Wildman–Crippen LogP) is 2.17. The van der Waals surface area contributed by atoms with Gasteiger partial charge in [-0.05, 0) is 44.4 Å². The van der Waals surface area contributed by atoms with E-state index in [1.54, 1.807) is 13.8 Å². The first-order chi connectivity index (χ1) is 8.95. The summed E-state index contributed by atoms with van der Waals surface area (Å²) in [5.41, 5.74) is 0.333. The quantitative estimate of drug-likeness (QED) is 0.358. The van der Waals surface area contributed by atoms with Crippen LogP contribution in [0.25, 0.3) is 0 Å². The first-order valence-corrected chi connectivity index (χ1v) is 6.80. The van der Waals surface area contributed by atoms with E-state index >= 15 is 0 Å². The lowest BCUT2D eigenvalue weighted by molar-refractivity contribution is -0.146. The first kappa shape index (κ1) is 13.8. The Balaban J connectivity index is 1.74. The minimum absolute atomic E-state index is 0.0482. The zero-order valence-corrected chi connectivity index (χ0v) is 11.5. The van der Waals surface area contributed by atoms with Gasteiger partial charge in [-0.2, -0.15) is 0 Å². The average molecular weight is 263 g/mol. The van der Waals surface area contributed by atoms with Gasteiger partial charge >= 0.3 is 5.97 Å². The summed E-state index contributed by atoms with van der Waals surface area (Å²) in [5, 5.41) is 2.70. The molecule has 0 aromatic carbocycles. The number of carbonyl (C=O) groups excluding carboxylic acids is 2. The van der Waals surface area contributed by atoms with Gasteiger partial charge in [-0.1, -0.05) is 18.7 Å². The van der Waals surface area contributed by atoms with Crippen molar-refractivity contribution in [2.24, 2.45) is 17.8 Å². The van der Waals surface area contributed by atoms with Gasteiger partial charge in [-0.25, -0.2) is 4.79 Å². The molecule has 0 aromatic rings. The predicted molar refractivity (Wildman–Crippen MR) is 72.0 cm³/mol. The Morgan fingerprint density at radius 1 is 1.42 bits per heavy atom. The number of carbonyl (C=O) groups is 2. The molecule has 2 rings (SSSR count). The summed E-state index contributed by atoms with van der Waals surface area (Å²) < 4.78 is 5.02. The van der Waals surface area contributed by atoms with Gasteiger partial charge in [-0.15, -0.1) is 0 Å². The van der Waals surface area contributed by atoms with Crippen molar-refractivity contribution in [1.82, 2.24) is 5.32 Å². The number of ether oxygens (including phenoxy) is 1. The van der Waals surface area contributed by atoms with Crippen molar-refractivity contribution in [3.05, 3.63) is 24.3 Å². The van der Waals surface area contributed by atoms with Gasteiger partial charge in [0.25, 0.3) is 0 Å². The molecule has 1 N–H and O–H groups in total. The Hall–Kier alpha value is -1.58. The van der Waals surface area contributed by atoms with Gasteiger partial charge in [0.05, 0.1) is 0 Å². The number of nitrogens with one attached hydrogen (secondary N) is 1. The third-order valence-corrected chi connectivity index (χ3v) is 3.86. The van der Waals surface area contributed by atoms with Crippen LogP contribution in [0.15, 0.2) is 24.3 Å². The Labute approximate surface area is 113 Å². The van der Waals surface area contributed by atoms with Crippen molar-refractivity contribution >= 4 is 11.9 Å². The van der Waals surface area contributed by atoms with E-state index in [2.05, 4.69) is 24.0 Å². The first-order valence-electron chi connectivity index (χ1n) is 6.80. The lowest BCUT2D eigenvalue weighted by atomic mass is 9.90. The number of hydrogen-bond acceptors (Lipinski definition) is 3. The van der Waals surface area contributed by atoms with Crippen molar-refractivity contribution in [2.45, 2.75) is 39.3 Å². The highest BCUT2D eigenvalue weighted by atomic mass is 16.6. The summed E-state index contributed by atoms with van der Waals surface area (Å²) in [7, 11) is 0. The summed E-state index contributed by atoms with van der Waals surface area (Å²) in [6, 6.07) is 0. The third-order valence-electron chi connectivity index (χ3n) is 3.86. The molecule has 0 radical (unpaired) electrons. The number of rotatable bonds is 5. The third kappa shape index (κ3) is 3.46. The standard InChI is InChI=1S/C15H21NO3/c1-9(2)15(18)19-10(3)16-14(17)8-13-7-11-4-5-12(13)6-11/h4-5,10-13H,1,6-8H2,2-3H3,(H,16,17). The highest BCUT2D eigenvalue weighted by molar-refractivity contribution is 5.87. The molecule has 4 heteroatoms. The van der Waals surface area contributed by atoms with Crippen molar-refractivity contribution in [1.29, 1.82) is 0 Å². The number of esters is 1. The molecule has 0 spiro atoms. The van der Waals surface area contributed by atoms with Crippen LogP contribution in [0.4, 0.5) is 0 Å². The molecule has 0 heterocycles. The summed E-state index contributed by atoms with van der Waals surface area (Å²) in [5.74, 6) is 1.15. The van der Waals surface area contributed by atoms with Crippen LogP contribution in [-0.4, -0.2) is 18.1 Å². The summed E-state index contributed by atoms with van der Waals surface area (Å²) in [4.78, 5) is 23.2. The Morgan fingerprint density at radius 3 is 2.68 bits per heavy atom. The molecule has 0 aromatic heterocycles. The van der Waals surface area contributed by atoms with E-state index in [0.29, 0.717) is 29.7 Å². The molecule has 0 aliphatic heterocycles. The number of hydrogen-bond donors (Lipinski definition) is 1. The molecular weight excluding hydrogens is 242 g/mol. The normalized spacial score (nSPS) is 29.1. The van der Waals surface area contributed by atoms with Gasteiger partial charge in [0.2, 0.25) is 5.91 Å². The SMILES string of the molecule is C=C(C)C(=O)OC(C)NC(=O)CC1CC2C=CC1C2. The fourth-order valence-corrected chi connectivity index (χ4v) is 2.94. The monoisotopic (exact) mass is 263 g/mol. The molecule has 0 saturated heterocycles. The van der Waals surface area contributed by atoms with Crippen LogP contribution in [0.3, 0.4) is 0 Å². The zero-order valence-electron chi connectivity index (χ0n) is 11.5. The maximum atomic E-state index is 11.9. The van der Waals surface area contributed by atoms with Crippen molar-refractivity contribution < 1.29 is 14.3 Å². The van der Waals surface area contributed by atoms with Gasteiger partial charge in [0.15, 0.2) is 6.23 Å². The van der Waals surface area contributed by atoms with Crippen LogP contribution in [0, 0.1) is 17.8 Å². The minimum Gasteiger partial charge on any atom is -0.439 e. The topological polar surface area (TPSA) is 55.4 Å². The zero-order chi connectivity index (χ0) is 14.0. The Morgan fingerprint density at radius 2 is 2.16 bits per heavy atom. The van der Waals surface area contributed by atoms with Crippen LogP contribution < -0.4 is 5.32 Å². The van der Waals surface area contributed by atoms with E-state index in [-0.39, 0.29) is 5.91 Å². The molecule has 1 fully saturated rings. The second-order valence-corrected chi connectivity index (χ2v) is 5.64. The molecule has 2 aliphatic carbocycles. The maximum Gasteiger partial charge on any atom is 0.335 e. The molecule has 2 aliphatic rings. The lowest BCUT2D eigenvalue weighted by Gasteiger charge is -2.19. The number of amides is 1. The molecule has 1 amide bonds. The highest BCUT2D eigenvalue weighted by Gasteiger charge is 2.36. The van der Waals surface area contributed by atoms with Gasteiger partial charge < -0.3 is 10.1 Å². The number of allylic oxidation sites excluding steroid dienone is 2. The van der Waals surface area contributed by atoms with Crippen LogP contribution in [0.2, 0.25) is 0 Å². The van der Waals surface area contributed by atoms with Crippen LogP contribution in [0.5, 0.6) is 0 Å². The van der Waals surface area contributed by atoms with Crippen LogP contribution >= 0.6 is 0 Å². The highest BCUT2D eigenvalue weighted by Crippen LogP contribution is 2.44. The maximum absolute atomic E-state index is 11.9. The lowest BCUT2D eigenvalue weighted by Crippen LogP contribution is -2.37. The summed E-state index contributed by atoms with van der Waals surface area (Å²) in [6.45, 7) is 6.74. The van der Waals surface area contributed by atoms with E-state index in [0.717, 1.165) is 6.42 Å². The van der Waals surface area contributed by atoms with Gasteiger partial charge in [-0.3, -0.25) is 4.79 Å². The fourth-order valence-electron chi connectivity index (χ4n) is 2.94. The van der Waals surface area contributed by atoms with Gasteiger partial charge in [0, 0.05) is 12.0 Å². The molecule has 104 valence electrons. The Bertz CT molecular complexity index is 427. The largest absolute Gasteiger partial charge is 0.439 e. The van der Waals surface area contributed by atoms with Crippen LogP contribution in [0.1, 0.15) is 33.1 Å². The molecule has 2 bridgehead atoms. The van der Waals surface area contributed by atoms with E-state index < -0.39 is 12.2 Å². The summed E-state index contributed by atoms with van der Waals surface area (Å²) in [6.07, 6.45) is 6.70. The Kier molecular flexibility index (Phi) is 4.08.